The van der Waals surface area contributed by atoms with Gasteiger partial charge in [0.25, 0.3) is 0 Å². The zero-order valence-electron chi connectivity index (χ0n) is 23.0. The molecule has 0 bridgehead atoms. The van der Waals surface area contributed by atoms with E-state index in [1.165, 1.54) is 0 Å². The number of hydrogen-bond acceptors (Lipinski definition) is 4. The molecule has 6 rings (SSSR count). The van der Waals surface area contributed by atoms with Crippen LogP contribution in [0.4, 0.5) is 0 Å². The van der Waals surface area contributed by atoms with Crippen molar-refractivity contribution >= 4 is 11.8 Å². The Balaban J connectivity index is 1.57. The van der Waals surface area contributed by atoms with Gasteiger partial charge in [0.15, 0.2) is 0 Å². The molecule has 0 radical (unpaired) electrons. The number of esters is 1. The highest BCUT2D eigenvalue weighted by atomic mass is 16.5. The largest absolute Gasteiger partial charge is 0.456 e. The Morgan fingerprint density at radius 1 is 0.732 bits per heavy atom. The number of aliphatic imine (C=N–C) groups is 1. The fourth-order valence-electron chi connectivity index (χ4n) is 5.69. The molecule has 5 aromatic carbocycles. The molecule has 0 aliphatic carbocycles. The van der Waals surface area contributed by atoms with Gasteiger partial charge >= 0.3 is 5.97 Å². The molecule has 0 fully saturated rings. The van der Waals surface area contributed by atoms with E-state index < -0.39 is 17.7 Å². The summed E-state index contributed by atoms with van der Waals surface area (Å²) in [7, 11) is 0. The van der Waals surface area contributed by atoms with E-state index in [0.29, 0.717) is 6.54 Å². The first-order valence-corrected chi connectivity index (χ1v) is 14.0. The Morgan fingerprint density at radius 2 is 1.24 bits per heavy atom. The molecular formula is C37H32N2O2. The van der Waals surface area contributed by atoms with E-state index >= 15 is 0 Å². The van der Waals surface area contributed by atoms with Gasteiger partial charge in [-0.1, -0.05) is 152 Å². The summed E-state index contributed by atoms with van der Waals surface area (Å²) >= 11 is 0. The predicted octanol–water partition coefficient (Wildman–Crippen LogP) is 7.89. The number of benzene rings is 5. The number of hydrogen-bond donors (Lipinski definition) is 0. The van der Waals surface area contributed by atoms with Crippen LogP contribution < -0.4 is 0 Å². The minimum atomic E-state index is -1.34. The lowest BCUT2D eigenvalue weighted by atomic mass is 9.79. The minimum Gasteiger partial charge on any atom is -0.456 e. The lowest BCUT2D eigenvalue weighted by Crippen LogP contribution is -2.44. The molecule has 1 heterocycles. The topological polar surface area (TPSA) is 41.9 Å². The van der Waals surface area contributed by atoms with Gasteiger partial charge in [0.1, 0.15) is 11.9 Å². The van der Waals surface area contributed by atoms with Crippen LogP contribution in [0.1, 0.15) is 46.9 Å². The van der Waals surface area contributed by atoms with Crippen LogP contribution in [-0.2, 0) is 21.6 Å². The molecular weight excluding hydrogens is 504 g/mol. The third-order valence-electron chi connectivity index (χ3n) is 7.68. The first-order chi connectivity index (χ1) is 20.2. The van der Waals surface area contributed by atoms with Crippen molar-refractivity contribution in [2.24, 2.45) is 4.99 Å². The van der Waals surface area contributed by atoms with Gasteiger partial charge in [0, 0.05) is 12.1 Å². The van der Waals surface area contributed by atoms with Crippen molar-refractivity contribution in [1.29, 1.82) is 0 Å². The van der Waals surface area contributed by atoms with E-state index in [4.69, 9.17) is 9.73 Å². The molecule has 41 heavy (non-hydrogen) atoms. The van der Waals surface area contributed by atoms with E-state index in [2.05, 4.69) is 41.3 Å². The summed E-state index contributed by atoms with van der Waals surface area (Å²) < 4.78 is 6.34. The van der Waals surface area contributed by atoms with Crippen LogP contribution in [0.5, 0.6) is 0 Å². The van der Waals surface area contributed by atoms with Crippen molar-refractivity contribution in [3.63, 3.8) is 0 Å². The number of carbonyl (C=O) groups excluding carboxylic acids is 1. The lowest BCUT2D eigenvalue weighted by Gasteiger charge is -2.37. The van der Waals surface area contributed by atoms with Crippen molar-refractivity contribution in [1.82, 2.24) is 4.90 Å². The van der Waals surface area contributed by atoms with Gasteiger partial charge in [-0.25, -0.2) is 9.79 Å². The van der Waals surface area contributed by atoms with Crippen molar-refractivity contribution in [3.8, 4) is 0 Å². The molecule has 202 valence electrons. The summed E-state index contributed by atoms with van der Waals surface area (Å²) in [5.41, 5.74) is 3.46. The van der Waals surface area contributed by atoms with Gasteiger partial charge in [0.05, 0.1) is 6.04 Å². The third kappa shape index (κ3) is 5.17. The second kappa shape index (κ2) is 11.6. The Hall–Kier alpha value is -4.96. The first-order valence-electron chi connectivity index (χ1n) is 14.0. The molecule has 1 aliphatic rings. The van der Waals surface area contributed by atoms with Crippen LogP contribution in [0.3, 0.4) is 0 Å². The monoisotopic (exact) mass is 536 g/mol. The molecule has 3 atom stereocenters. The molecule has 0 aromatic heterocycles. The number of carbonyl (C=O) groups is 1. The average molecular weight is 537 g/mol. The fraction of sp³-hybridized carbons (Fsp3) is 0.135. The van der Waals surface area contributed by atoms with Crippen molar-refractivity contribution in [2.45, 2.75) is 31.2 Å². The van der Waals surface area contributed by atoms with Crippen LogP contribution in [-0.4, -0.2) is 16.7 Å². The van der Waals surface area contributed by atoms with Crippen molar-refractivity contribution in [2.75, 3.05) is 0 Å². The van der Waals surface area contributed by atoms with Gasteiger partial charge in [0.2, 0.25) is 5.54 Å². The molecule has 4 heteroatoms. The Labute approximate surface area is 241 Å². The quantitative estimate of drug-likeness (QED) is 0.189. The predicted molar refractivity (Wildman–Crippen MR) is 163 cm³/mol. The maximum absolute atomic E-state index is 14.8. The highest BCUT2D eigenvalue weighted by molar-refractivity contribution is 6.04. The van der Waals surface area contributed by atoms with Crippen LogP contribution in [0.15, 0.2) is 157 Å². The SMILES string of the molecule is CC(OC(=O)[C@]1(c2ccccc2)N=C(c2ccccc2)N(Cc2ccccc2)C1c1ccccc1)c1ccccc1. The second-order valence-corrected chi connectivity index (χ2v) is 10.3. The van der Waals surface area contributed by atoms with Gasteiger partial charge in [-0.3, -0.25) is 0 Å². The summed E-state index contributed by atoms with van der Waals surface area (Å²) in [4.78, 5) is 22.4. The Bertz CT molecular complexity index is 1610. The average Bonchev–Trinajstić information content (AvgIpc) is 3.39. The van der Waals surface area contributed by atoms with Gasteiger partial charge in [-0.15, -0.1) is 0 Å². The summed E-state index contributed by atoms with van der Waals surface area (Å²) in [6, 6.07) is 49.9. The fourth-order valence-corrected chi connectivity index (χ4v) is 5.69. The van der Waals surface area contributed by atoms with E-state index in [1.54, 1.807) is 0 Å². The molecule has 0 saturated carbocycles. The third-order valence-corrected chi connectivity index (χ3v) is 7.68. The maximum Gasteiger partial charge on any atom is 0.341 e. The van der Waals surface area contributed by atoms with Gasteiger partial charge in [-0.05, 0) is 29.2 Å². The first kappa shape index (κ1) is 26.3. The van der Waals surface area contributed by atoms with Crippen molar-refractivity contribution in [3.05, 3.63) is 179 Å². The maximum atomic E-state index is 14.8. The van der Waals surface area contributed by atoms with Crippen LogP contribution >= 0.6 is 0 Å². The smallest absolute Gasteiger partial charge is 0.341 e. The molecule has 0 spiro atoms. The van der Waals surface area contributed by atoms with Crippen LogP contribution in [0.25, 0.3) is 0 Å². The summed E-state index contributed by atoms with van der Waals surface area (Å²) in [6.45, 7) is 2.49. The Morgan fingerprint density at radius 3 is 1.85 bits per heavy atom. The summed E-state index contributed by atoms with van der Waals surface area (Å²) in [6.07, 6.45) is -0.445. The van der Waals surface area contributed by atoms with E-state index in [0.717, 1.165) is 33.7 Å². The molecule has 0 N–H and O–H groups in total. The molecule has 0 saturated heterocycles. The molecule has 2 unspecified atom stereocenters. The molecule has 5 aromatic rings. The van der Waals surface area contributed by atoms with Gasteiger partial charge in [-0.2, -0.15) is 0 Å². The highest BCUT2D eigenvalue weighted by Gasteiger charge is 2.57. The second-order valence-electron chi connectivity index (χ2n) is 10.3. The highest BCUT2D eigenvalue weighted by Crippen LogP contribution is 2.50. The molecule has 1 aliphatic heterocycles. The number of nitrogens with zero attached hydrogens (tertiary/aromatic N) is 2. The van der Waals surface area contributed by atoms with E-state index in [9.17, 15) is 4.79 Å². The standard InChI is InChI=1S/C37H32N2O2/c1-28(30-19-9-3-10-20-30)41-36(40)37(33-25-15-6-16-26-33)34(31-21-11-4-12-22-31)39(27-29-17-7-2-8-18-29)35(38-37)32-23-13-5-14-24-32/h2-26,28,34H,27H2,1H3/t28?,34?,37-/m1/s1. The van der Waals surface area contributed by atoms with Crippen molar-refractivity contribution < 1.29 is 9.53 Å². The van der Waals surface area contributed by atoms with Gasteiger partial charge < -0.3 is 9.64 Å². The number of amidine groups is 1. The summed E-state index contributed by atoms with van der Waals surface area (Å²) in [5, 5.41) is 0. The zero-order chi connectivity index (χ0) is 28.1. The molecule has 0 amide bonds. The number of rotatable bonds is 8. The van der Waals surface area contributed by atoms with Crippen LogP contribution in [0.2, 0.25) is 0 Å². The zero-order valence-corrected chi connectivity index (χ0v) is 23.0. The van der Waals surface area contributed by atoms with Crippen LogP contribution in [0, 0.1) is 0 Å². The number of ether oxygens (including phenoxy) is 1. The Kier molecular flexibility index (Phi) is 7.46. The minimum absolute atomic E-state index is 0.377. The van der Waals surface area contributed by atoms with E-state index in [1.807, 2.05) is 122 Å². The normalized spacial score (nSPS) is 18.9. The summed E-state index contributed by atoms with van der Waals surface area (Å²) in [5.74, 6) is 0.384. The molecule has 4 nitrogen and oxygen atoms in total. The van der Waals surface area contributed by atoms with E-state index in [-0.39, 0.29) is 5.97 Å². The lowest BCUT2D eigenvalue weighted by molar-refractivity contribution is -0.157.